The fourth-order valence-corrected chi connectivity index (χ4v) is 0. The first-order chi connectivity index (χ1) is 2.27. The summed E-state index contributed by atoms with van der Waals surface area (Å²) < 4.78 is 0. The molecule has 0 aliphatic rings. The van der Waals surface area contributed by atoms with Gasteiger partial charge in [0.15, 0.2) is 0 Å². The van der Waals surface area contributed by atoms with Gasteiger partial charge in [-0.25, -0.2) is 0 Å². The van der Waals surface area contributed by atoms with Crippen LogP contribution in [-0.4, -0.2) is 0 Å². The molecule has 0 aliphatic heterocycles. The Morgan fingerprint density at radius 3 is 2.00 bits per heavy atom. The van der Waals surface area contributed by atoms with E-state index in [9.17, 15) is 0 Å². The van der Waals surface area contributed by atoms with E-state index in [0.717, 1.165) is 0 Å². The zero-order valence-corrected chi connectivity index (χ0v) is 3.12. The van der Waals surface area contributed by atoms with Crippen molar-refractivity contribution in [1.29, 1.82) is 0 Å². The third-order valence-electron chi connectivity index (χ3n) is 0.250. The molecule has 0 aromatic rings. The van der Waals surface area contributed by atoms with Crippen molar-refractivity contribution < 1.29 is 0 Å². The maximum atomic E-state index is 3.39. The first kappa shape index (κ1) is 4.26. The molecular formula is C5H6. The minimum absolute atomic E-state index is 0.644. The van der Waals surface area contributed by atoms with E-state index in [-0.39, 0.29) is 0 Å². The molecule has 5 heavy (non-hydrogen) atoms. The van der Waals surface area contributed by atoms with Crippen molar-refractivity contribution in [3.8, 4) is 0 Å². The van der Waals surface area contributed by atoms with Crippen molar-refractivity contribution >= 4 is 0 Å². The number of allylic oxidation sites excluding steroid dienone is 2. The molecule has 0 bridgehead atoms. The van der Waals surface area contributed by atoms with E-state index in [1.807, 2.05) is 0 Å². The highest BCUT2D eigenvalue weighted by Crippen LogP contribution is 1.78. The van der Waals surface area contributed by atoms with Gasteiger partial charge in [-0.05, 0) is 0 Å². The molecular weight excluding hydrogens is 60.1 g/mol. The molecule has 26 valence electrons. The Morgan fingerprint density at radius 1 is 1.80 bits per heavy atom. The van der Waals surface area contributed by atoms with E-state index in [1.165, 1.54) is 0 Å². The zero-order valence-electron chi connectivity index (χ0n) is 3.12. The summed E-state index contributed by atoms with van der Waals surface area (Å²) in [6.07, 6.45) is 2.47. The van der Waals surface area contributed by atoms with Gasteiger partial charge < -0.3 is 0 Å². The molecule has 0 aliphatic carbocycles. The third kappa shape index (κ3) is 3.26. The molecule has 0 amide bonds. The fourth-order valence-electron chi connectivity index (χ4n) is 0. The topological polar surface area (TPSA) is 0 Å². The van der Waals surface area contributed by atoms with Gasteiger partial charge in [0.2, 0.25) is 0 Å². The monoisotopic (exact) mass is 66.0 g/mol. The zero-order chi connectivity index (χ0) is 4.28. The molecule has 0 rings (SSSR count). The normalized spacial score (nSPS) is 5.60. The molecule has 0 N–H and O–H groups in total. The molecule has 0 spiro atoms. The van der Waals surface area contributed by atoms with E-state index < -0.39 is 0 Å². The van der Waals surface area contributed by atoms with Crippen molar-refractivity contribution in [2.45, 2.75) is 0 Å². The summed E-state index contributed by atoms with van der Waals surface area (Å²) in [4.78, 5) is 0. The van der Waals surface area contributed by atoms with E-state index in [2.05, 4.69) is 26.2 Å². The molecule has 0 nitrogen and oxygen atoms in total. The molecule has 0 unspecified atom stereocenters. The number of hydrogen-bond donors (Lipinski definition) is 0. The summed E-state index contributed by atoms with van der Waals surface area (Å²) in [7, 11) is 0. The lowest BCUT2D eigenvalue weighted by atomic mass is 10.4. The lowest BCUT2D eigenvalue weighted by Crippen LogP contribution is -1.53. The van der Waals surface area contributed by atoms with Crippen LogP contribution in [0, 0.1) is 13.0 Å². The van der Waals surface area contributed by atoms with E-state index in [4.69, 9.17) is 0 Å². The third-order valence-corrected chi connectivity index (χ3v) is 0.250. The smallest absolute Gasteiger partial charge is 0.00140 e. The van der Waals surface area contributed by atoms with Crippen LogP contribution in [0.4, 0.5) is 0 Å². The van der Waals surface area contributed by atoms with E-state index >= 15 is 0 Å². The maximum Gasteiger partial charge on any atom is 0.00140 e. The lowest BCUT2D eigenvalue weighted by molar-refractivity contribution is 1.74. The average Bonchev–Trinajstić information content (AvgIpc) is 1.38. The fraction of sp³-hybridized carbons (Fsp3) is 0. The van der Waals surface area contributed by atoms with Gasteiger partial charge in [-0.3, -0.25) is 0 Å². The molecule has 0 aromatic heterocycles. The highest BCUT2D eigenvalue weighted by molar-refractivity contribution is 5.06. The molecule has 0 atom stereocenters. The summed E-state index contributed by atoms with van der Waals surface area (Å²) in [5.74, 6) is 0. The minimum Gasteiger partial charge on any atom is -0.122 e. The van der Waals surface area contributed by atoms with Crippen LogP contribution in [0.3, 0.4) is 0 Å². The minimum atomic E-state index is 0.644. The average molecular weight is 66.1 g/mol. The number of rotatable bonds is 1. The Labute approximate surface area is 32.8 Å². The standard InChI is InChI=1S/C5H6/c1-4-5(2)3/h1-3H2. The van der Waals surface area contributed by atoms with Crippen LogP contribution in [0.25, 0.3) is 0 Å². The summed E-state index contributed by atoms with van der Waals surface area (Å²) in [5.41, 5.74) is 0.644. The van der Waals surface area contributed by atoms with Crippen LogP contribution >= 0.6 is 0 Å². The van der Waals surface area contributed by atoms with Gasteiger partial charge in [0.1, 0.15) is 0 Å². The summed E-state index contributed by atoms with van der Waals surface area (Å²) >= 11 is 0. The molecule has 0 heteroatoms. The maximum absolute atomic E-state index is 3.39. The molecule has 0 fully saturated rings. The van der Waals surface area contributed by atoms with Crippen molar-refractivity contribution in [3.05, 3.63) is 31.7 Å². The Morgan fingerprint density at radius 2 is 2.00 bits per heavy atom. The van der Waals surface area contributed by atoms with Gasteiger partial charge in [-0.15, -0.1) is 6.08 Å². The predicted molar refractivity (Wildman–Crippen MR) is 23.4 cm³/mol. The first-order valence-corrected chi connectivity index (χ1v) is 1.31. The van der Waals surface area contributed by atoms with Crippen LogP contribution in [0.2, 0.25) is 0 Å². The van der Waals surface area contributed by atoms with Gasteiger partial charge in [0, 0.05) is 5.57 Å². The second-order valence-electron chi connectivity index (χ2n) is 0.780. The van der Waals surface area contributed by atoms with Gasteiger partial charge >= 0.3 is 0 Å². The second kappa shape index (κ2) is 1.57. The number of hydrogen-bond acceptors (Lipinski definition) is 0. The van der Waals surface area contributed by atoms with Gasteiger partial charge in [0.05, 0.1) is 0 Å². The summed E-state index contributed by atoms with van der Waals surface area (Å²) in [6.45, 7) is 10.1. The van der Waals surface area contributed by atoms with Crippen molar-refractivity contribution in [1.82, 2.24) is 0 Å². The Hall–Kier alpha value is -0.740. The predicted octanol–water partition coefficient (Wildman–Crippen LogP) is 1.37. The summed E-state index contributed by atoms with van der Waals surface area (Å²) in [5, 5.41) is 0. The SMILES string of the molecule is C=[C+]C(=C)[CH2-]. The quantitative estimate of drug-likeness (QED) is 0.320. The van der Waals surface area contributed by atoms with Crippen LogP contribution in [-0.2, 0) is 0 Å². The van der Waals surface area contributed by atoms with Crippen LogP contribution in [0.5, 0.6) is 0 Å². The Balaban J connectivity index is 3.20. The largest absolute Gasteiger partial charge is 0.122 e. The molecule has 0 radical (unpaired) electrons. The van der Waals surface area contributed by atoms with Gasteiger partial charge in [-0.1, -0.05) is 20.1 Å². The highest BCUT2D eigenvalue weighted by atomic mass is 13.7. The molecule has 0 heterocycles. The van der Waals surface area contributed by atoms with Gasteiger partial charge in [0.25, 0.3) is 0 Å². The molecule has 0 aromatic carbocycles. The van der Waals surface area contributed by atoms with E-state index in [1.54, 1.807) is 0 Å². The van der Waals surface area contributed by atoms with Gasteiger partial charge in [-0.2, -0.15) is 0 Å². The Kier molecular flexibility index (Phi) is 1.33. The Bertz CT molecular complexity index is 51.1. The second-order valence-corrected chi connectivity index (χ2v) is 0.780. The molecule has 0 saturated heterocycles. The van der Waals surface area contributed by atoms with Crippen molar-refractivity contribution in [2.24, 2.45) is 0 Å². The molecule has 0 saturated carbocycles. The van der Waals surface area contributed by atoms with Crippen LogP contribution in [0.1, 0.15) is 0 Å². The van der Waals surface area contributed by atoms with E-state index in [0.29, 0.717) is 5.57 Å². The van der Waals surface area contributed by atoms with Crippen molar-refractivity contribution in [3.63, 3.8) is 0 Å². The first-order valence-electron chi connectivity index (χ1n) is 1.31. The lowest BCUT2D eigenvalue weighted by Gasteiger charge is -1.70. The highest BCUT2D eigenvalue weighted by Gasteiger charge is 1.60. The summed E-state index contributed by atoms with van der Waals surface area (Å²) in [6, 6.07) is 0. The van der Waals surface area contributed by atoms with Crippen LogP contribution < -0.4 is 0 Å². The van der Waals surface area contributed by atoms with Crippen molar-refractivity contribution in [2.75, 3.05) is 0 Å². The van der Waals surface area contributed by atoms with Crippen LogP contribution in [0.15, 0.2) is 18.7 Å².